The van der Waals surface area contributed by atoms with E-state index in [2.05, 4.69) is 32.9 Å². The minimum atomic E-state index is -0.737. The van der Waals surface area contributed by atoms with Gasteiger partial charge in [0, 0.05) is 48.9 Å². The number of aliphatic carboxylic acids is 1. The number of aryl methyl sites for hydroxylation is 1. The Morgan fingerprint density at radius 1 is 1.28 bits per heavy atom. The second kappa shape index (κ2) is 12.6. The van der Waals surface area contributed by atoms with E-state index in [1.165, 1.54) is 4.90 Å². The zero-order chi connectivity index (χ0) is 25.5. The molecule has 2 aromatic heterocycles. The number of thioether (sulfide) groups is 1. The molecule has 0 unspecified atom stereocenters. The van der Waals surface area contributed by atoms with Crippen LogP contribution in [-0.2, 0) is 11.8 Å². The first kappa shape index (κ1) is 26.5. The van der Waals surface area contributed by atoms with Gasteiger partial charge in [0.2, 0.25) is 0 Å². The maximum Gasteiger partial charge on any atom is 0.303 e. The molecule has 1 saturated heterocycles. The quantitative estimate of drug-likeness (QED) is 0.262. The van der Waals surface area contributed by atoms with Crippen LogP contribution in [0.2, 0.25) is 0 Å². The summed E-state index contributed by atoms with van der Waals surface area (Å²) in [7, 11) is 3.66. The largest absolute Gasteiger partial charge is 0.497 e. The highest BCUT2D eigenvalue weighted by atomic mass is 32.2. The fourth-order valence-electron chi connectivity index (χ4n) is 5.33. The molecule has 1 aliphatic rings. The van der Waals surface area contributed by atoms with E-state index < -0.39 is 12.1 Å². The van der Waals surface area contributed by atoms with Gasteiger partial charge in [-0.3, -0.25) is 9.78 Å². The first-order valence-electron chi connectivity index (χ1n) is 12.7. The number of hydrogen-bond donors (Lipinski definition) is 2. The van der Waals surface area contributed by atoms with Gasteiger partial charge in [-0.25, -0.2) is 0 Å². The minimum Gasteiger partial charge on any atom is -0.497 e. The fraction of sp³-hybridized carbons (Fsp3) is 0.500. The summed E-state index contributed by atoms with van der Waals surface area (Å²) in [4.78, 5) is 19.7. The van der Waals surface area contributed by atoms with Crippen molar-refractivity contribution in [3.63, 3.8) is 0 Å². The van der Waals surface area contributed by atoms with Crippen molar-refractivity contribution in [2.75, 3.05) is 32.5 Å². The Kier molecular flexibility index (Phi) is 9.29. The number of carboxylic acid groups (broad SMARTS) is 1. The van der Waals surface area contributed by atoms with Crippen LogP contribution in [-0.4, -0.2) is 63.1 Å². The molecule has 3 heterocycles. The summed E-state index contributed by atoms with van der Waals surface area (Å²) in [5.41, 5.74) is 1.68. The van der Waals surface area contributed by atoms with Crippen molar-refractivity contribution in [2.45, 2.75) is 43.1 Å². The third kappa shape index (κ3) is 7.02. The fourth-order valence-corrected chi connectivity index (χ4v) is 6.23. The van der Waals surface area contributed by atoms with Crippen molar-refractivity contribution in [3.05, 3.63) is 54.5 Å². The number of ether oxygens (including phenoxy) is 1. The summed E-state index contributed by atoms with van der Waals surface area (Å²) in [5, 5.41) is 21.5. The number of nitrogens with zero attached hydrogens (tertiary/aromatic N) is 3. The SMILES string of the molecule is COc1ccc2nccc([C@H](O)CC[C@@H]3CCN(CCCSc4ccn(C)c4)C[C@@H]3CC(=O)O)c2c1. The molecule has 2 N–H and O–H groups in total. The van der Waals surface area contributed by atoms with Crippen LogP contribution in [0.1, 0.15) is 43.8 Å². The minimum absolute atomic E-state index is 0.111. The molecule has 36 heavy (non-hydrogen) atoms. The Hall–Kier alpha value is -2.55. The average molecular weight is 512 g/mol. The third-order valence-electron chi connectivity index (χ3n) is 7.26. The van der Waals surface area contributed by atoms with Crippen LogP contribution in [0.4, 0.5) is 0 Å². The van der Waals surface area contributed by atoms with Gasteiger partial charge in [0.05, 0.1) is 18.7 Å². The summed E-state index contributed by atoms with van der Waals surface area (Å²) in [6.07, 6.45) is 8.97. The lowest BCUT2D eigenvalue weighted by Gasteiger charge is -2.38. The van der Waals surface area contributed by atoms with Crippen molar-refractivity contribution < 1.29 is 19.7 Å². The molecule has 1 aromatic carbocycles. The van der Waals surface area contributed by atoms with Crippen molar-refractivity contribution >= 4 is 28.6 Å². The van der Waals surface area contributed by atoms with Gasteiger partial charge in [0.15, 0.2) is 0 Å². The second-order valence-corrected chi connectivity index (χ2v) is 11.0. The zero-order valence-electron chi connectivity index (χ0n) is 21.2. The van der Waals surface area contributed by atoms with Crippen LogP contribution in [0.25, 0.3) is 10.9 Å². The van der Waals surface area contributed by atoms with E-state index in [0.717, 1.165) is 66.9 Å². The van der Waals surface area contributed by atoms with E-state index in [1.807, 2.05) is 43.1 Å². The molecule has 0 amide bonds. The van der Waals surface area contributed by atoms with Gasteiger partial charge < -0.3 is 24.4 Å². The summed E-state index contributed by atoms with van der Waals surface area (Å²) >= 11 is 1.87. The summed E-state index contributed by atoms with van der Waals surface area (Å²) in [5.74, 6) is 1.47. The van der Waals surface area contributed by atoms with Crippen LogP contribution in [0.3, 0.4) is 0 Å². The lowest BCUT2D eigenvalue weighted by atomic mass is 9.79. The van der Waals surface area contributed by atoms with Gasteiger partial charge in [0.25, 0.3) is 0 Å². The normalized spacial score (nSPS) is 19.4. The van der Waals surface area contributed by atoms with Gasteiger partial charge in [-0.2, -0.15) is 0 Å². The number of pyridine rings is 1. The molecule has 0 spiro atoms. The molecule has 0 aliphatic carbocycles. The van der Waals surface area contributed by atoms with Gasteiger partial charge in [-0.05, 0) is 92.3 Å². The molecule has 0 bridgehead atoms. The molecule has 3 atom stereocenters. The van der Waals surface area contributed by atoms with Crippen molar-refractivity contribution in [1.29, 1.82) is 0 Å². The molecule has 1 fully saturated rings. The number of piperidine rings is 1. The Bertz CT molecular complexity index is 1150. The zero-order valence-corrected chi connectivity index (χ0v) is 22.0. The number of likely N-dealkylation sites (tertiary alicyclic amines) is 1. The van der Waals surface area contributed by atoms with E-state index in [0.29, 0.717) is 12.3 Å². The lowest BCUT2D eigenvalue weighted by Crippen LogP contribution is -2.42. The number of aliphatic hydroxyl groups excluding tert-OH is 1. The maximum atomic E-state index is 11.6. The Labute approximate surface area is 217 Å². The van der Waals surface area contributed by atoms with Crippen molar-refractivity contribution in [1.82, 2.24) is 14.5 Å². The molecule has 7 nitrogen and oxygen atoms in total. The molecule has 8 heteroatoms. The highest BCUT2D eigenvalue weighted by molar-refractivity contribution is 7.99. The summed E-state index contributed by atoms with van der Waals surface area (Å²) in [6, 6.07) is 9.70. The summed E-state index contributed by atoms with van der Waals surface area (Å²) in [6.45, 7) is 2.80. The van der Waals surface area contributed by atoms with Crippen molar-refractivity contribution in [2.24, 2.45) is 18.9 Å². The highest BCUT2D eigenvalue weighted by Gasteiger charge is 2.31. The van der Waals surface area contributed by atoms with Gasteiger partial charge in [0.1, 0.15) is 5.75 Å². The average Bonchev–Trinajstić information content (AvgIpc) is 3.29. The third-order valence-corrected chi connectivity index (χ3v) is 8.32. The van der Waals surface area contributed by atoms with Crippen LogP contribution >= 0.6 is 11.8 Å². The standard InChI is InChI=1S/C28H37N3O4S/c1-30-13-10-23(19-30)36-15-3-12-31-14-9-20(21(18-31)16-28(33)34)4-7-27(32)24-8-11-29-26-6-5-22(35-2)17-25(24)26/h5-6,8,10-11,13,17,19-21,27,32H,3-4,7,9,12,14-16,18H2,1-2H3,(H,33,34)/t20-,21+,27-/m1/s1. The lowest BCUT2D eigenvalue weighted by molar-refractivity contribution is -0.139. The Morgan fingerprint density at radius 2 is 2.14 bits per heavy atom. The molecule has 1 aliphatic heterocycles. The van der Waals surface area contributed by atoms with Crippen LogP contribution in [0, 0.1) is 11.8 Å². The summed E-state index contributed by atoms with van der Waals surface area (Å²) < 4.78 is 7.42. The smallest absolute Gasteiger partial charge is 0.303 e. The molecular formula is C28H37N3O4S. The predicted molar refractivity (Wildman–Crippen MR) is 144 cm³/mol. The molecule has 0 radical (unpaired) electrons. The number of methoxy groups -OCH3 is 1. The second-order valence-electron chi connectivity index (χ2n) is 9.80. The first-order chi connectivity index (χ1) is 17.4. The number of fused-ring (bicyclic) bond motifs is 1. The maximum absolute atomic E-state index is 11.6. The van der Waals surface area contributed by atoms with Gasteiger partial charge in [-0.1, -0.05) is 0 Å². The van der Waals surface area contributed by atoms with Gasteiger partial charge in [-0.15, -0.1) is 11.8 Å². The number of aromatic nitrogens is 2. The molecule has 194 valence electrons. The van der Waals surface area contributed by atoms with Crippen LogP contribution < -0.4 is 4.74 Å². The first-order valence-corrected chi connectivity index (χ1v) is 13.7. The monoisotopic (exact) mass is 511 g/mol. The Balaban J connectivity index is 1.31. The molecular weight excluding hydrogens is 474 g/mol. The number of aliphatic hydroxyl groups is 1. The highest BCUT2D eigenvalue weighted by Crippen LogP contribution is 2.35. The van der Waals surface area contributed by atoms with E-state index in [1.54, 1.807) is 13.3 Å². The molecule has 4 rings (SSSR count). The molecule has 3 aromatic rings. The Morgan fingerprint density at radius 3 is 2.89 bits per heavy atom. The van der Waals surface area contributed by atoms with Crippen LogP contribution in [0.15, 0.2) is 53.8 Å². The van der Waals surface area contributed by atoms with Crippen LogP contribution in [0.5, 0.6) is 5.75 Å². The predicted octanol–water partition coefficient (Wildman–Crippen LogP) is 4.99. The number of carboxylic acids is 1. The van der Waals surface area contributed by atoms with E-state index in [9.17, 15) is 15.0 Å². The number of carbonyl (C=O) groups is 1. The van der Waals surface area contributed by atoms with E-state index in [4.69, 9.17) is 4.74 Å². The van der Waals surface area contributed by atoms with Gasteiger partial charge >= 0.3 is 5.97 Å². The molecule has 0 saturated carbocycles. The topological polar surface area (TPSA) is 87.8 Å². The van der Waals surface area contributed by atoms with Crippen molar-refractivity contribution in [3.8, 4) is 5.75 Å². The number of hydrogen-bond acceptors (Lipinski definition) is 6. The number of rotatable bonds is 12. The van der Waals surface area contributed by atoms with E-state index >= 15 is 0 Å². The number of benzene rings is 1. The van der Waals surface area contributed by atoms with E-state index in [-0.39, 0.29) is 12.3 Å².